The van der Waals surface area contributed by atoms with Crippen molar-refractivity contribution in [1.29, 1.82) is 0 Å². The summed E-state index contributed by atoms with van der Waals surface area (Å²) >= 11 is 0. The van der Waals surface area contributed by atoms with Gasteiger partial charge in [-0.05, 0) is 43.2 Å². The molecule has 1 heteroatoms. The molecule has 0 saturated heterocycles. The Bertz CT molecular complexity index is 450. The van der Waals surface area contributed by atoms with Crippen LogP contribution in [0.2, 0.25) is 0 Å². The maximum Gasteiger partial charge on any atom is 0.168 e. The van der Waals surface area contributed by atoms with Gasteiger partial charge < -0.3 is 0 Å². The van der Waals surface area contributed by atoms with Crippen molar-refractivity contribution < 1.29 is 4.79 Å². The Kier molecular flexibility index (Phi) is 3.01. The summed E-state index contributed by atoms with van der Waals surface area (Å²) in [5.74, 6) is 1.09. The van der Waals surface area contributed by atoms with Gasteiger partial charge in [-0.25, -0.2) is 0 Å². The van der Waals surface area contributed by atoms with Crippen LogP contribution in [0.5, 0.6) is 0 Å². The average molecular weight is 242 g/mol. The van der Waals surface area contributed by atoms with Crippen molar-refractivity contribution in [3.63, 3.8) is 0 Å². The second-order valence-electron chi connectivity index (χ2n) is 6.35. The number of Topliss-reactive ketones (excluding diaryl/α,β-unsaturated/α-hetero) is 1. The second-order valence-corrected chi connectivity index (χ2v) is 6.35. The van der Waals surface area contributed by atoms with Gasteiger partial charge in [-0.2, -0.15) is 0 Å². The predicted molar refractivity (Wildman–Crippen MR) is 73.9 cm³/mol. The fourth-order valence-electron chi connectivity index (χ4n) is 3.41. The van der Waals surface area contributed by atoms with E-state index in [0.717, 1.165) is 18.4 Å². The largest absolute Gasteiger partial charge is 0.294 e. The summed E-state index contributed by atoms with van der Waals surface area (Å²) in [5.41, 5.74) is 2.25. The molecule has 0 unspecified atom stereocenters. The smallest absolute Gasteiger partial charge is 0.168 e. The molecule has 0 aromatic heterocycles. The second kappa shape index (κ2) is 4.53. The summed E-state index contributed by atoms with van der Waals surface area (Å²) in [4.78, 5) is 12.6. The van der Waals surface area contributed by atoms with Crippen LogP contribution in [0.3, 0.4) is 0 Å². The minimum Gasteiger partial charge on any atom is -0.294 e. The van der Waals surface area contributed by atoms with Crippen molar-refractivity contribution >= 4 is 5.78 Å². The van der Waals surface area contributed by atoms with Crippen LogP contribution in [0.15, 0.2) is 24.3 Å². The van der Waals surface area contributed by atoms with Crippen molar-refractivity contribution in [2.24, 2.45) is 5.41 Å². The van der Waals surface area contributed by atoms with Crippen LogP contribution >= 0.6 is 0 Å². The first kappa shape index (κ1) is 12.0. The van der Waals surface area contributed by atoms with E-state index in [1.807, 2.05) is 6.07 Å². The van der Waals surface area contributed by atoms with E-state index in [-0.39, 0.29) is 5.41 Å². The highest BCUT2D eigenvalue weighted by Crippen LogP contribution is 2.41. The molecule has 96 valence electrons. The summed E-state index contributed by atoms with van der Waals surface area (Å²) in [6, 6.07) is 8.43. The van der Waals surface area contributed by atoms with Crippen LogP contribution < -0.4 is 0 Å². The van der Waals surface area contributed by atoms with Gasteiger partial charge in [0.2, 0.25) is 0 Å². The maximum atomic E-state index is 12.6. The molecule has 0 amide bonds. The third-order valence-corrected chi connectivity index (χ3v) is 4.98. The van der Waals surface area contributed by atoms with Gasteiger partial charge in [0, 0.05) is 11.0 Å². The first-order valence-corrected chi connectivity index (χ1v) is 7.34. The van der Waals surface area contributed by atoms with E-state index in [4.69, 9.17) is 0 Å². The highest BCUT2D eigenvalue weighted by atomic mass is 16.1. The normalized spacial score (nSPS) is 22.7. The Labute approximate surface area is 110 Å². The Morgan fingerprint density at radius 1 is 1.17 bits per heavy atom. The molecule has 0 radical (unpaired) electrons. The van der Waals surface area contributed by atoms with E-state index in [2.05, 4.69) is 25.1 Å². The van der Waals surface area contributed by atoms with Gasteiger partial charge in [0.15, 0.2) is 5.78 Å². The Balaban J connectivity index is 1.84. The summed E-state index contributed by atoms with van der Waals surface area (Å²) in [6.45, 7) is 2.15. The molecule has 2 fully saturated rings. The lowest BCUT2D eigenvalue weighted by Crippen LogP contribution is -2.24. The molecule has 0 bridgehead atoms. The molecule has 0 N–H and O–H groups in total. The van der Waals surface area contributed by atoms with E-state index >= 15 is 0 Å². The van der Waals surface area contributed by atoms with Crippen molar-refractivity contribution in [2.75, 3.05) is 0 Å². The van der Waals surface area contributed by atoms with E-state index in [9.17, 15) is 4.79 Å². The molecule has 18 heavy (non-hydrogen) atoms. The molecule has 3 rings (SSSR count). The average Bonchev–Trinajstić information content (AvgIpc) is 2.75. The predicted octanol–water partition coefficient (Wildman–Crippen LogP) is 4.72. The molecule has 0 spiro atoms. The van der Waals surface area contributed by atoms with Gasteiger partial charge in [-0.15, -0.1) is 0 Å². The molecule has 1 aromatic carbocycles. The number of hydrogen-bond donors (Lipinski definition) is 0. The molecule has 0 heterocycles. The standard InChI is InChI=1S/C17H22O/c1-17(10-2-3-11-17)16(18)15-9-5-8-14(12-15)13-6-4-7-13/h5,8-9,12-13H,2-4,6-7,10-11H2,1H3. The van der Waals surface area contributed by atoms with Crippen LogP contribution in [0.4, 0.5) is 0 Å². The molecule has 0 aliphatic heterocycles. The van der Waals surface area contributed by atoms with Crippen LogP contribution in [0.25, 0.3) is 0 Å². The third kappa shape index (κ3) is 2.00. The molecule has 2 aliphatic rings. The number of carbonyl (C=O) groups is 1. The van der Waals surface area contributed by atoms with Gasteiger partial charge in [-0.1, -0.05) is 44.4 Å². The summed E-state index contributed by atoms with van der Waals surface area (Å²) in [6.07, 6.45) is 8.51. The molecule has 1 nitrogen and oxygen atoms in total. The fourth-order valence-corrected chi connectivity index (χ4v) is 3.41. The topological polar surface area (TPSA) is 17.1 Å². The molecular formula is C17H22O. The van der Waals surface area contributed by atoms with Crippen molar-refractivity contribution in [2.45, 2.75) is 57.8 Å². The molecule has 0 atom stereocenters. The van der Waals surface area contributed by atoms with Crippen LogP contribution in [0.1, 0.15) is 73.7 Å². The van der Waals surface area contributed by atoms with Crippen molar-refractivity contribution in [3.8, 4) is 0 Å². The SMILES string of the molecule is CC1(C(=O)c2cccc(C3CCC3)c2)CCCC1. The van der Waals surface area contributed by atoms with Gasteiger partial charge in [0.25, 0.3) is 0 Å². The Morgan fingerprint density at radius 2 is 1.89 bits per heavy atom. The lowest BCUT2D eigenvalue weighted by Gasteiger charge is -2.27. The van der Waals surface area contributed by atoms with Crippen LogP contribution in [-0.4, -0.2) is 5.78 Å². The first-order chi connectivity index (χ1) is 8.69. The van der Waals surface area contributed by atoms with E-state index in [1.165, 1.54) is 37.7 Å². The van der Waals surface area contributed by atoms with Gasteiger partial charge in [0.05, 0.1) is 0 Å². The van der Waals surface area contributed by atoms with Crippen molar-refractivity contribution in [3.05, 3.63) is 35.4 Å². The number of benzene rings is 1. The molecule has 2 aliphatic carbocycles. The van der Waals surface area contributed by atoms with Crippen LogP contribution in [-0.2, 0) is 0 Å². The number of ketones is 1. The third-order valence-electron chi connectivity index (χ3n) is 4.98. The zero-order valence-corrected chi connectivity index (χ0v) is 11.2. The zero-order valence-electron chi connectivity index (χ0n) is 11.2. The highest BCUT2D eigenvalue weighted by molar-refractivity contribution is 6.00. The summed E-state index contributed by atoms with van der Waals surface area (Å²) < 4.78 is 0. The minimum absolute atomic E-state index is 0.0851. The molecule has 1 aromatic rings. The minimum atomic E-state index is -0.0851. The summed E-state index contributed by atoms with van der Waals surface area (Å²) in [5, 5.41) is 0. The van der Waals surface area contributed by atoms with E-state index < -0.39 is 0 Å². The quantitative estimate of drug-likeness (QED) is 0.701. The van der Waals surface area contributed by atoms with E-state index in [0.29, 0.717) is 11.7 Å². The lowest BCUT2D eigenvalue weighted by molar-refractivity contribution is 0.0823. The Hall–Kier alpha value is -1.11. The van der Waals surface area contributed by atoms with Gasteiger partial charge in [0.1, 0.15) is 0 Å². The number of hydrogen-bond acceptors (Lipinski definition) is 1. The highest BCUT2D eigenvalue weighted by Gasteiger charge is 2.36. The summed E-state index contributed by atoms with van der Waals surface area (Å²) in [7, 11) is 0. The maximum absolute atomic E-state index is 12.6. The number of carbonyl (C=O) groups excluding carboxylic acids is 1. The Morgan fingerprint density at radius 3 is 2.50 bits per heavy atom. The fraction of sp³-hybridized carbons (Fsp3) is 0.588. The van der Waals surface area contributed by atoms with Crippen LogP contribution in [0, 0.1) is 5.41 Å². The molecule has 2 saturated carbocycles. The first-order valence-electron chi connectivity index (χ1n) is 7.34. The lowest BCUT2D eigenvalue weighted by atomic mass is 9.77. The van der Waals surface area contributed by atoms with Gasteiger partial charge >= 0.3 is 0 Å². The zero-order chi connectivity index (χ0) is 12.6. The molecular weight excluding hydrogens is 220 g/mol. The number of rotatable bonds is 3. The van der Waals surface area contributed by atoms with Gasteiger partial charge in [-0.3, -0.25) is 4.79 Å². The van der Waals surface area contributed by atoms with E-state index in [1.54, 1.807) is 0 Å². The van der Waals surface area contributed by atoms with Crippen molar-refractivity contribution in [1.82, 2.24) is 0 Å². The monoisotopic (exact) mass is 242 g/mol.